The molecule has 0 radical (unpaired) electrons. The zero-order valence-electron chi connectivity index (χ0n) is 9.76. The molecule has 0 aliphatic heterocycles. The first-order valence-electron chi connectivity index (χ1n) is 5.52. The molecule has 0 bridgehead atoms. The summed E-state index contributed by atoms with van der Waals surface area (Å²) < 4.78 is 22.7. The first-order chi connectivity index (χ1) is 7.89. The molecule has 17 heavy (non-hydrogen) atoms. The average Bonchev–Trinajstić information content (AvgIpc) is 3.00. The number of hydrogen-bond donors (Lipinski definition) is 2. The van der Waals surface area contributed by atoms with Crippen LogP contribution in [0.5, 0.6) is 0 Å². The fraction of sp³-hybridized carbons (Fsp3) is 0.455. The summed E-state index contributed by atoms with van der Waals surface area (Å²) in [5, 5.41) is 5.11. The van der Waals surface area contributed by atoms with Gasteiger partial charge in [0, 0.05) is 13.6 Å². The van der Waals surface area contributed by atoms with Crippen LogP contribution in [0, 0.1) is 5.92 Å². The molecule has 0 spiro atoms. The van der Waals surface area contributed by atoms with Crippen molar-refractivity contribution in [3.8, 4) is 0 Å². The Morgan fingerprint density at radius 3 is 2.59 bits per heavy atom. The van der Waals surface area contributed by atoms with Crippen LogP contribution in [0.3, 0.4) is 0 Å². The Hall–Kier alpha value is -1.27. The van der Waals surface area contributed by atoms with E-state index < -0.39 is 10.0 Å². The summed E-state index contributed by atoms with van der Waals surface area (Å²) in [6.45, 7) is 0.901. The number of rotatable bonds is 4. The van der Waals surface area contributed by atoms with E-state index in [4.69, 9.17) is 10.9 Å². The van der Waals surface area contributed by atoms with E-state index in [1.807, 2.05) is 18.0 Å². The van der Waals surface area contributed by atoms with E-state index in [1.54, 1.807) is 6.07 Å². The summed E-state index contributed by atoms with van der Waals surface area (Å²) in [5.41, 5.74) is 6.83. The van der Waals surface area contributed by atoms with Crippen molar-refractivity contribution in [3.63, 3.8) is 0 Å². The van der Waals surface area contributed by atoms with E-state index in [0.29, 0.717) is 5.92 Å². The highest BCUT2D eigenvalue weighted by atomic mass is 32.2. The second-order valence-corrected chi connectivity index (χ2v) is 6.09. The second kappa shape index (κ2) is 4.19. The van der Waals surface area contributed by atoms with Gasteiger partial charge in [0.15, 0.2) is 0 Å². The summed E-state index contributed by atoms with van der Waals surface area (Å²) >= 11 is 0. The van der Waals surface area contributed by atoms with Crippen molar-refractivity contribution >= 4 is 21.4 Å². The molecular weight excluding hydrogens is 238 g/mol. The third kappa shape index (κ3) is 2.70. The number of anilines is 2. The molecule has 0 unspecified atom stereocenters. The van der Waals surface area contributed by atoms with Crippen molar-refractivity contribution in [3.05, 3.63) is 18.2 Å². The molecule has 1 aromatic rings. The number of nitrogens with two attached hydrogens (primary N) is 2. The molecule has 0 heterocycles. The lowest BCUT2D eigenvalue weighted by Gasteiger charge is -2.21. The van der Waals surface area contributed by atoms with Crippen LogP contribution in [-0.4, -0.2) is 22.0 Å². The quantitative estimate of drug-likeness (QED) is 0.777. The zero-order chi connectivity index (χ0) is 12.6. The Labute approximate surface area is 101 Å². The predicted octanol–water partition coefficient (Wildman–Crippen LogP) is 0.762. The summed E-state index contributed by atoms with van der Waals surface area (Å²) in [5.74, 6) is 0.706. The van der Waals surface area contributed by atoms with Crippen molar-refractivity contribution < 1.29 is 8.42 Å². The minimum absolute atomic E-state index is 0.00218. The maximum atomic E-state index is 11.3. The van der Waals surface area contributed by atoms with Gasteiger partial charge in [0.25, 0.3) is 0 Å². The smallest absolute Gasteiger partial charge is 0.240 e. The Morgan fingerprint density at radius 2 is 2.06 bits per heavy atom. The van der Waals surface area contributed by atoms with Crippen LogP contribution in [0.2, 0.25) is 0 Å². The summed E-state index contributed by atoms with van der Waals surface area (Å²) in [4.78, 5) is 1.99. The lowest BCUT2D eigenvalue weighted by molar-refractivity contribution is 0.598. The molecule has 1 aromatic carbocycles. The zero-order valence-corrected chi connectivity index (χ0v) is 10.6. The normalized spacial score (nSPS) is 15.9. The van der Waals surface area contributed by atoms with Gasteiger partial charge in [0.05, 0.1) is 11.4 Å². The second-order valence-electron chi connectivity index (χ2n) is 4.56. The Morgan fingerprint density at radius 1 is 1.41 bits per heavy atom. The number of nitrogens with zero attached hydrogens (tertiary/aromatic N) is 1. The van der Waals surface area contributed by atoms with Crippen LogP contribution in [-0.2, 0) is 10.0 Å². The third-order valence-corrected chi connectivity index (χ3v) is 3.96. The maximum Gasteiger partial charge on any atom is 0.240 e. The van der Waals surface area contributed by atoms with Crippen molar-refractivity contribution in [1.29, 1.82) is 0 Å². The molecule has 1 aliphatic rings. The van der Waals surface area contributed by atoms with Crippen LogP contribution in [0.4, 0.5) is 11.4 Å². The van der Waals surface area contributed by atoms with E-state index in [9.17, 15) is 8.42 Å². The van der Waals surface area contributed by atoms with Crippen molar-refractivity contribution in [2.45, 2.75) is 17.7 Å². The highest BCUT2D eigenvalue weighted by Gasteiger charge is 2.24. The maximum absolute atomic E-state index is 11.3. The third-order valence-electron chi connectivity index (χ3n) is 2.99. The Bertz CT molecular complexity index is 524. The largest absolute Gasteiger partial charge is 0.396 e. The molecule has 1 fully saturated rings. The van der Waals surface area contributed by atoms with Gasteiger partial charge < -0.3 is 10.6 Å². The van der Waals surface area contributed by atoms with E-state index in [0.717, 1.165) is 12.2 Å². The number of primary sulfonamides is 1. The van der Waals surface area contributed by atoms with E-state index in [-0.39, 0.29) is 10.6 Å². The van der Waals surface area contributed by atoms with Crippen molar-refractivity contribution in [1.82, 2.24) is 0 Å². The number of benzene rings is 1. The molecule has 0 aromatic heterocycles. The van der Waals surface area contributed by atoms with E-state index >= 15 is 0 Å². The molecule has 2 rings (SSSR count). The lowest BCUT2D eigenvalue weighted by Crippen LogP contribution is -2.23. The molecule has 4 N–H and O–H groups in total. The standard InChI is InChI=1S/C11H17N3O2S/c1-14(7-8-5-6-8)9-3-2-4-10(11(9)12)17(13,15)16/h2-4,8H,5-7,12H2,1H3,(H2,13,15,16). The van der Waals surface area contributed by atoms with E-state index in [1.165, 1.54) is 18.9 Å². The molecule has 6 heteroatoms. The Balaban J connectivity index is 2.34. The van der Waals surface area contributed by atoms with Crippen LogP contribution in [0.1, 0.15) is 12.8 Å². The minimum Gasteiger partial charge on any atom is -0.396 e. The first kappa shape index (κ1) is 12.2. The molecule has 0 atom stereocenters. The molecule has 5 nitrogen and oxygen atoms in total. The van der Waals surface area contributed by atoms with Gasteiger partial charge in [-0.05, 0) is 30.9 Å². The lowest BCUT2D eigenvalue weighted by atomic mass is 10.2. The molecule has 0 amide bonds. The molecule has 1 saturated carbocycles. The van der Waals surface area contributed by atoms with Crippen LogP contribution in [0.15, 0.2) is 23.1 Å². The van der Waals surface area contributed by atoms with Gasteiger partial charge in [-0.25, -0.2) is 13.6 Å². The van der Waals surface area contributed by atoms with Crippen LogP contribution < -0.4 is 15.8 Å². The van der Waals surface area contributed by atoms with Gasteiger partial charge in [-0.3, -0.25) is 0 Å². The van der Waals surface area contributed by atoms with Gasteiger partial charge in [0.1, 0.15) is 4.90 Å². The van der Waals surface area contributed by atoms with Gasteiger partial charge in [-0.2, -0.15) is 0 Å². The van der Waals surface area contributed by atoms with Gasteiger partial charge in [0.2, 0.25) is 10.0 Å². The number of hydrogen-bond acceptors (Lipinski definition) is 4. The van der Waals surface area contributed by atoms with Crippen LogP contribution in [0.25, 0.3) is 0 Å². The van der Waals surface area contributed by atoms with Crippen molar-refractivity contribution in [2.75, 3.05) is 24.2 Å². The van der Waals surface area contributed by atoms with Gasteiger partial charge >= 0.3 is 0 Å². The summed E-state index contributed by atoms with van der Waals surface area (Å²) in [6.07, 6.45) is 2.47. The van der Waals surface area contributed by atoms with Gasteiger partial charge in [-0.15, -0.1) is 0 Å². The van der Waals surface area contributed by atoms with E-state index in [2.05, 4.69) is 0 Å². The average molecular weight is 255 g/mol. The van der Waals surface area contributed by atoms with Gasteiger partial charge in [-0.1, -0.05) is 6.07 Å². The molecule has 1 aliphatic carbocycles. The fourth-order valence-corrected chi connectivity index (χ4v) is 2.58. The molecule has 0 saturated heterocycles. The number of nitrogen functional groups attached to an aromatic ring is 1. The Kier molecular flexibility index (Phi) is 3.01. The summed E-state index contributed by atoms with van der Waals surface area (Å²) in [7, 11) is -1.84. The fourth-order valence-electron chi connectivity index (χ4n) is 1.90. The molecule has 94 valence electrons. The predicted molar refractivity (Wildman–Crippen MR) is 68.2 cm³/mol. The SMILES string of the molecule is CN(CC1CC1)c1cccc(S(N)(=O)=O)c1N. The molecular formula is C11H17N3O2S. The number of sulfonamides is 1. The minimum atomic E-state index is -3.75. The van der Waals surface area contributed by atoms with Crippen molar-refractivity contribution in [2.24, 2.45) is 11.1 Å². The topological polar surface area (TPSA) is 89.4 Å². The van der Waals surface area contributed by atoms with Crippen LogP contribution >= 0.6 is 0 Å². The first-order valence-corrected chi connectivity index (χ1v) is 7.06. The highest BCUT2D eigenvalue weighted by molar-refractivity contribution is 7.89. The monoisotopic (exact) mass is 255 g/mol. The summed E-state index contributed by atoms with van der Waals surface area (Å²) in [6, 6.07) is 4.90. The number of para-hydroxylation sites is 1. The highest BCUT2D eigenvalue weighted by Crippen LogP contribution is 2.34.